The number of nitrogens with zero attached hydrogens (tertiary/aromatic N) is 1. The Hall–Kier alpha value is -2.67. The maximum Gasteiger partial charge on any atom is 0.261 e. The Balaban J connectivity index is 1.41. The molecule has 1 saturated carbocycles. The van der Waals surface area contributed by atoms with Crippen molar-refractivity contribution < 1.29 is 9.59 Å². The number of amides is 2. The molecule has 33 heavy (non-hydrogen) atoms. The van der Waals surface area contributed by atoms with Crippen molar-refractivity contribution in [3.63, 3.8) is 0 Å². The molecule has 2 N–H and O–H groups in total. The first-order valence-electron chi connectivity index (χ1n) is 11.1. The molecule has 1 aromatic heterocycles. The van der Waals surface area contributed by atoms with Crippen LogP contribution < -0.4 is 10.6 Å². The summed E-state index contributed by atoms with van der Waals surface area (Å²) in [5.41, 5.74) is 4.33. The number of benzene rings is 2. The highest BCUT2D eigenvalue weighted by atomic mass is 35.5. The van der Waals surface area contributed by atoms with Crippen molar-refractivity contribution >= 4 is 40.4 Å². The Labute approximate surface area is 203 Å². The number of carbonyl (C=O) groups excluding carboxylic acids is 2. The summed E-state index contributed by atoms with van der Waals surface area (Å²) < 4.78 is 0.577. The smallest absolute Gasteiger partial charge is 0.261 e. The number of thiophene rings is 1. The largest absolute Gasteiger partial charge is 0.348 e. The van der Waals surface area contributed by atoms with Gasteiger partial charge in [-0.1, -0.05) is 54.4 Å². The molecule has 0 unspecified atom stereocenters. The van der Waals surface area contributed by atoms with Gasteiger partial charge in [-0.05, 0) is 67.9 Å². The van der Waals surface area contributed by atoms with Crippen LogP contribution in [0.4, 0.5) is 5.69 Å². The Morgan fingerprint density at radius 1 is 1.03 bits per heavy atom. The van der Waals surface area contributed by atoms with E-state index in [2.05, 4.69) is 47.8 Å². The fourth-order valence-electron chi connectivity index (χ4n) is 4.37. The fourth-order valence-corrected chi connectivity index (χ4v) is 5.32. The lowest BCUT2D eigenvalue weighted by molar-refractivity contribution is -0.120. The molecule has 7 heteroatoms. The van der Waals surface area contributed by atoms with Gasteiger partial charge in [0.2, 0.25) is 5.91 Å². The summed E-state index contributed by atoms with van der Waals surface area (Å²) in [5.74, 6) is -0.468. The van der Waals surface area contributed by atoms with Crippen LogP contribution in [0.5, 0.6) is 0 Å². The molecular weight excluding hydrogens is 454 g/mol. The minimum absolute atomic E-state index is 0.0530. The summed E-state index contributed by atoms with van der Waals surface area (Å²) >= 11 is 7.19. The third-order valence-electron chi connectivity index (χ3n) is 5.93. The van der Waals surface area contributed by atoms with Crippen LogP contribution in [-0.2, 0) is 11.3 Å². The van der Waals surface area contributed by atoms with E-state index in [1.165, 1.54) is 22.5 Å². The van der Waals surface area contributed by atoms with E-state index in [1.54, 1.807) is 12.1 Å². The number of rotatable bonds is 7. The summed E-state index contributed by atoms with van der Waals surface area (Å²) in [6.45, 7) is 0.862. The van der Waals surface area contributed by atoms with Gasteiger partial charge in [0.05, 0.1) is 15.1 Å². The Kier molecular flexibility index (Phi) is 7.48. The third kappa shape index (κ3) is 5.82. The van der Waals surface area contributed by atoms with Crippen LogP contribution in [0.1, 0.15) is 34.5 Å². The summed E-state index contributed by atoms with van der Waals surface area (Å²) in [7, 11) is 4.12. The maximum absolute atomic E-state index is 13.0. The first kappa shape index (κ1) is 23.5. The average molecular weight is 482 g/mol. The van der Waals surface area contributed by atoms with E-state index in [4.69, 9.17) is 11.6 Å². The SMILES string of the molecule is CN(C)Cc1ccccc1-c1ccc(NC(=O)[C@H]2CCC[C@H]2NC(=O)c2ccc(Cl)s2)cc1. The fraction of sp³-hybridized carbons (Fsp3) is 0.308. The van der Waals surface area contributed by atoms with E-state index in [9.17, 15) is 9.59 Å². The molecule has 5 nitrogen and oxygen atoms in total. The standard InChI is InChI=1S/C26H28ClN3O2S/c1-30(2)16-18-6-3-4-7-20(18)17-10-12-19(13-11-17)28-25(31)21-8-5-9-22(21)29-26(32)23-14-15-24(27)33-23/h3-4,6-7,10-15,21-22H,5,8-9,16H2,1-2H3,(H,28,31)(H,29,32)/t21-,22+/m0/s1. The summed E-state index contributed by atoms with van der Waals surface area (Å²) in [6.07, 6.45) is 2.47. The second kappa shape index (κ2) is 10.5. The van der Waals surface area contributed by atoms with Crippen LogP contribution in [0.25, 0.3) is 11.1 Å². The Morgan fingerprint density at radius 3 is 2.48 bits per heavy atom. The molecular formula is C26H28ClN3O2S. The lowest BCUT2D eigenvalue weighted by Crippen LogP contribution is -2.41. The van der Waals surface area contributed by atoms with Crippen molar-refractivity contribution in [1.29, 1.82) is 0 Å². The zero-order chi connectivity index (χ0) is 23.4. The van der Waals surface area contributed by atoms with Crippen molar-refractivity contribution in [3.8, 4) is 11.1 Å². The van der Waals surface area contributed by atoms with Gasteiger partial charge in [0.15, 0.2) is 0 Å². The van der Waals surface area contributed by atoms with Gasteiger partial charge in [-0.15, -0.1) is 11.3 Å². The van der Waals surface area contributed by atoms with Crippen molar-refractivity contribution in [1.82, 2.24) is 10.2 Å². The molecule has 0 spiro atoms. The highest BCUT2D eigenvalue weighted by Crippen LogP contribution is 2.30. The second-order valence-corrected chi connectivity index (χ2v) is 10.4. The van der Waals surface area contributed by atoms with E-state index >= 15 is 0 Å². The van der Waals surface area contributed by atoms with E-state index in [0.29, 0.717) is 9.21 Å². The molecule has 2 atom stereocenters. The molecule has 1 heterocycles. The molecule has 2 aromatic carbocycles. The molecule has 0 bridgehead atoms. The summed E-state index contributed by atoms with van der Waals surface area (Å²) in [6, 6.07) is 19.6. The molecule has 3 aromatic rings. The average Bonchev–Trinajstić information content (AvgIpc) is 3.43. The lowest BCUT2D eigenvalue weighted by atomic mass is 9.99. The minimum atomic E-state index is -0.245. The molecule has 1 fully saturated rings. The highest BCUT2D eigenvalue weighted by molar-refractivity contribution is 7.18. The van der Waals surface area contributed by atoms with Crippen LogP contribution in [-0.4, -0.2) is 36.9 Å². The molecule has 1 aliphatic carbocycles. The summed E-state index contributed by atoms with van der Waals surface area (Å²) in [5, 5.41) is 6.07. The van der Waals surface area contributed by atoms with Crippen molar-refractivity contribution in [2.75, 3.05) is 19.4 Å². The van der Waals surface area contributed by atoms with Crippen molar-refractivity contribution in [3.05, 3.63) is 75.4 Å². The van der Waals surface area contributed by atoms with Crippen LogP contribution in [0, 0.1) is 5.92 Å². The lowest BCUT2D eigenvalue weighted by Gasteiger charge is -2.20. The maximum atomic E-state index is 13.0. The third-order valence-corrected chi connectivity index (χ3v) is 7.16. The van der Waals surface area contributed by atoms with Crippen LogP contribution in [0.3, 0.4) is 0 Å². The van der Waals surface area contributed by atoms with Crippen LogP contribution in [0.15, 0.2) is 60.7 Å². The number of hydrogen-bond acceptors (Lipinski definition) is 4. The predicted octanol–water partition coefficient (Wildman–Crippen LogP) is 5.67. The Bertz CT molecular complexity index is 1130. The van der Waals surface area contributed by atoms with Gasteiger partial charge in [0.1, 0.15) is 0 Å². The Morgan fingerprint density at radius 2 is 1.79 bits per heavy atom. The van der Waals surface area contributed by atoms with E-state index in [1.807, 2.05) is 30.3 Å². The van der Waals surface area contributed by atoms with Crippen LogP contribution in [0.2, 0.25) is 4.34 Å². The van der Waals surface area contributed by atoms with Crippen molar-refractivity contribution in [2.45, 2.75) is 31.8 Å². The number of hydrogen-bond donors (Lipinski definition) is 2. The molecule has 1 aliphatic rings. The molecule has 2 amide bonds. The normalized spacial score (nSPS) is 17.8. The van der Waals surface area contributed by atoms with Gasteiger partial charge >= 0.3 is 0 Å². The van der Waals surface area contributed by atoms with E-state index in [0.717, 1.165) is 37.1 Å². The molecule has 0 aliphatic heterocycles. The monoisotopic (exact) mass is 481 g/mol. The zero-order valence-electron chi connectivity index (χ0n) is 18.8. The molecule has 172 valence electrons. The van der Waals surface area contributed by atoms with Crippen molar-refractivity contribution in [2.24, 2.45) is 5.92 Å². The van der Waals surface area contributed by atoms with E-state index < -0.39 is 0 Å². The molecule has 4 rings (SSSR count). The molecule has 0 saturated heterocycles. The quantitative estimate of drug-likeness (QED) is 0.457. The zero-order valence-corrected chi connectivity index (χ0v) is 20.4. The minimum Gasteiger partial charge on any atom is -0.348 e. The van der Waals surface area contributed by atoms with E-state index in [-0.39, 0.29) is 23.8 Å². The highest BCUT2D eigenvalue weighted by Gasteiger charge is 2.34. The van der Waals surface area contributed by atoms with Gasteiger partial charge in [0, 0.05) is 18.3 Å². The van der Waals surface area contributed by atoms with Gasteiger partial charge in [-0.2, -0.15) is 0 Å². The number of halogens is 1. The number of nitrogens with one attached hydrogen (secondary N) is 2. The van der Waals surface area contributed by atoms with Gasteiger partial charge in [-0.25, -0.2) is 0 Å². The van der Waals surface area contributed by atoms with Crippen LogP contribution >= 0.6 is 22.9 Å². The predicted molar refractivity (Wildman–Crippen MR) is 136 cm³/mol. The first-order chi connectivity index (χ1) is 15.9. The molecule has 0 radical (unpaired) electrons. The number of anilines is 1. The summed E-state index contributed by atoms with van der Waals surface area (Å²) in [4.78, 5) is 28.2. The van der Waals surface area contributed by atoms with Gasteiger partial charge < -0.3 is 15.5 Å². The first-order valence-corrected chi connectivity index (χ1v) is 12.3. The van der Waals surface area contributed by atoms with Gasteiger partial charge in [0.25, 0.3) is 5.91 Å². The topological polar surface area (TPSA) is 61.4 Å². The second-order valence-electron chi connectivity index (χ2n) is 8.68. The number of carbonyl (C=O) groups is 2. The van der Waals surface area contributed by atoms with Gasteiger partial charge in [-0.3, -0.25) is 9.59 Å².